The van der Waals surface area contributed by atoms with Gasteiger partial charge in [-0.25, -0.2) is 9.79 Å². The van der Waals surface area contributed by atoms with Crippen LogP contribution in [0.3, 0.4) is 0 Å². The number of aromatic nitrogens is 1. The molecule has 0 bridgehead atoms. The highest BCUT2D eigenvalue weighted by Gasteiger charge is 2.34. The lowest BCUT2D eigenvalue weighted by Crippen LogP contribution is -2.39. The number of carbonyl (C=O) groups excluding carboxylic acids is 1. The van der Waals surface area contributed by atoms with Crippen molar-refractivity contribution in [3.8, 4) is 11.5 Å². The van der Waals surface area contributed by atoms with E-state index in [1.807, 2.05) is 12.1 Å². The Morgan fingerprint density at radius 1 is 1.12 bits per heavy atom. The van der Waals surface area contributed by atoms with Gasteiger partial charge in [-0.15, -0.1) is 0 Å². The minimum atomic E-state index is -0.755. The van der Waals surface area contributed by atoms with Crippen molar-refractivity contribution in [3.63, 3.8) is 0 Å². The molecule has 7 nitrogen and oxygen atoms in total. The van der Waals surface area contributed by atoms with Gasteiger partial charge in [-0.05, 0) is 42.3 Å². The highest BCUT2D eigenvalue weighted by molar-refractivity contribution is 7.07. The quantitative estimate of drug-likeness (QED) is 0.520. The summed E-state index contributed by atoms with van der Waals surface area (Å²) in [6.07, 6.45) is 1.76. The van der Waals surface area contributed by atoms with Crippen LogP contribution in [0.5, 0.6) is 11.5 Å². The van der Waals surface area contributed by atoms with Crippen molar-refractivity contribution in [3.05, 3.63) is 89.6 Å². The number of rotatable bonds is 5. The zero-order valence-corrected chi connectivity index (χ0v) is 20.0. The molecule has 0 saturated heterocycles. The molecule has 0 fully saturated rings. The molecule has 0 spiro atoms. The van der Waals surface area contributed by atoms with E-state index in [9.17, 15) is 9.59 Å². The number of nitrogens with zero attached hydrogens (tertiary/aromatic N) is 2. The molecule has 1 aromatic heterocycles. The first kappa shape index (κ1) is 22.8. The van der Waals surface area contributed by atoms with Crippen LogP contribution in [0.4, 0.5) is 0 Å². The highest BCUT2D eigenvalue weighted by Crippen LogP contribution is 2.34. The first-order valence-electron chi connectivity index (χ1n) is 9.97. The summed E-state index contributed by atoms with van der Waals surface area (Å²) in [4.78, 5) is 31.3. The molecule has 0 unspecified atom stereocenters. The van der Waals surface area contributed by atoms with Gasteiger partial charge in [0.2, 0.25) is 0 Å². The zero-order valence-electron chi connectivity index (χ0n) is 18.4. The second-order valence-corrected chi connectivity index (χ2v) is 8.63. The Bertz CT molecular complexity index is 1450. The van der Waals surface area contributed by atoms with Crippen LogP contribution < -0.4 is 24.4 Å². The molecular weight excluding hydrogens is 464 g/mol. The number of fused-ring (bicyclic) bond motifs is 1. The molecule has 3 aromatic rings. The lowest BCUT2D eigenvalue weighted by molar-refractivity contribution is -0.136. The number of ether oxygens (including phenoxy) is 3. The minimum absolute atomic E-state index is 0.274. The number of thiazole rings is 1. The van der Waals surface area contributed by atoms with Crippen LogP contribution >= 0.6 is 22.9 Å². The number of halogens is 1. The number of benzene rings is 2. The molecule has 0 saturated carbocycles. The van der Waals surface area contributed by atoms with Crippen molar-refractivity contribution in [2.75, 3.05) is 21.3 Å². The van der Waals surface area contributed by atoms with E-state index in [4.69, 9.17) is 25.8 Å². The van der Waals surface area contributed by atoms with Crippen LogP contribution in [0.25, 0.3) is 6.08 Å². The fourth-order valence-electron chi connectivity index (χ4n) is 3.78. The maximum atomic E-state index is 13.6. The van der Waals surface area contributed by atoms with Gasteiger partial charge in [-0.3, -0.25) is 9.36 Å². The molecule has 1 atom stereocenters. The van der Waals surface area contributed by atoms with E-state index in [0.29, 0.717) is 37.1 Å². The predicted octanol–water partition coefficient (Wildman–Crippen LogP) is 3.08. The van der Waals surface area contributed by atoms with Gasteiger partial charge in [0, 0.05) is 5.02 Å². The normalized spacial score (nSPS) is 15.7. The fraction of sp³-hybridized carbons (Fsp3) is 0.208. The van der Waals surface area contributed by atoms with Gasteiger partial charge in [-0.1, -0.05) is 47.2 Å². The second kappa shape index (κ2) is 9.25. The summed E-state index contributed by atoms with van der Waals surface area (Å²) in [5.74, 6) is 0.584. The molecule has 170 valence electrons. The Morgan fingerprint density at radius 2 is 1.85 bits per heavy atom. The topological polar surface area (TPSA) is 79.1 Å². The lowest BCUT2D eigenvalue weighted by Gasteiger charge is -2.25. The molecule has 1 aliphatic heterocycles. The molecule has 0 N–H and O–H groups in total. The summed E-state index contributed by atoms with van der Waals surface area (Å²) in [6.45, 7) is 1.72. The first-order valence-corrected chi connectivity index (χ1v) is 11.2. The minimum Gasteiger partial charge on any atom is -0.493 e. The van der Waals surface area contributed by atoms with E-state index in [1.54, 1.807) is 57.6 Å². The molecule has 2 aromatic carbocycles. The van der Waals surface area contributed by atoms with Gasteiger partial charge < -0.3 is 14.2 Å². The molecule has 1 aliphatic rings. The van der Waals surface area contributed by atoms with Crippen molar-refractivity contribution in [1.29, 1.82) is 0 Å². The van der Waals surface area contributed by atoms with Crippen molar-refractivity contribution >= 4 is 35.0 Å². The molecule has 0 amide bonds. The maximum absolute atomic E-state index is 13.6. The molecule has 33 heavy (non-hydrogen) atoms. The molecular formula is C24H21ClN2O5S. The SMILES string of the molecule is COC(=O)C1=C(C)N=c2sc(=Cc3ccc(OC)c(OC)c3)c(=O)n2[C@@H]1c1ccccc1Cl. The van der Waals surface area contributed by atoms with Crippen LogP contribution in [0.1, 0.15) is 24.1 Å². The summed E-state index contributed by atoms with van der Waals surface area (Å²) in [6, 6.07) is 11.7. The number of carbonyl (C=O) groups is 1. The highest BCUT2D eigenvalue weighted by atomic mass is 35.5. The van der Waals surface area contributed by atoms with Gasteiger partial charge in [0.25, 0.3) is 5.56 Å². The van der Waals surface area contributed by atoms with Gasteiger partial charge >= 0.3 is 5.97 Å². The third-order valence-electron chi connectivity index (χ3n) is 5.33. The molecule has 0 radical (unpaired) electrons. The van der Waals surface area contributed by atoms with Crippen molar-refractivity contribution < 1.29 is 19.0 Å². The van der Waals surface area contributed by atoms with Gasteiger partial charge in [0.05, 0.1) is 37.1 Å². The Morgan fingerprint density at radius 3 is 2.52 bits per heavy atom. The molecule has 0 aliphatic carbocycles. The lowest BCUT2D eigenvalue weighted by atomic mass is 9.96. The van der Waals surface area contributed by atoms with Crippen LogP contribution in [-0.4, -0.2) is 31.9 Å². The summed E-state index contributed by atoms with van der Waals surface area (Å²) in [5, 5.41) is 0.438. The molecule has 4 rings (SSSR count). The third-order valence-corrected chi connectivity index (χ3v) is 6.66. The molecule has 2 heterocycles. The second-order valence-electron chi connectivity index (χ2n) is 7.21. The Kier molecular flexibility index (Phi) is 6.40. The molecule has 9 heteroatoms. The van der Waals surface area contributed by atoms with E-state index in [0.717, 1.165) is 5.56 Å². The summed E-state index contributed by atoms with van der Waals surface area (Å²) < 4.78 is 17.6. The van der Waals surface area contributed by atoms with Gasteiger partial charge in [-0.2, -0.15) is 0 Å². The predicted molar refractivity (Wildman–Crippen MR) is 127 cm³/mol. The Hall–Kier alpha value is -3.36. The van der Waals surface area contributed by atoms with E-state index < -0.39 is 12.0 Å². The van der Waals surface area contributed by atoms with Crippen molar-refractivity contribution in [2.24, 2.45) is 4.99 Å². The van der Waals surface area contributed by atoms with E-state index >= 15 is 0 Å². The number of methoxy groups -OCH3 is 3. The average Bonchev–Trinajstić information content (AvgIpc) is 3.12. The standard InChI is InChI=1S/C24H21ClN2O5S/c1-13-20(23(29)32-4)21(15-7-5-6-8-16(15)25)27-22(28)19(33-24(27)26-13)12-14-9-10-17(30-2)18(11-14)31-3/h5-12,21H,1-4H3/t21-/m1/s1. The summed E-state index contributed by atoms with van der Waals surface area (Å²) in [7, 11) is 4.41. The average molecular weight is 485 g/mol. The van der Waals surface area contributed by atoms with E-state index in [-0.39, 0.29) is 11.1 Å². The maximum Gasteiger partial charge on any atom is 0.338 e. The first-order chi connectivity index (χ1) is 15.9. The summed E-state index contributed by atoms with van der Waals surface area (Å²) >= 11 is 7.72. The number of hydrogen-bond donors (Lipinski definition) is 0. The van der Waals surface area contributed by atoms with E-state index in [2.05, 4.69) is 4.99 Å². The number of hydrogen-bond acceptors (Lipinski definition) is 7. The summed E-state index contributed by atoms with van der Waals surface area (Å²) in [5.41, 5.74) is 1.84. The largest absolute Gasteiger partial charge is 0.493 e. The van der Waals surface area contributed by atoms with Crippen molar-refractivity contribution in [2.45, 2.75) is 13.0 Å². The third kappa shape index (κ3) is 4.07. The monoisotopic (exact) mass is 484 g/mol. The van der Waals surface area contributed by atoms with Crippen LogP contribution in [-0.2, 0) is 9.53 Å². The van der Waals surface area contributed by atoms with Crippen LogP contribution in [0, 0.1) is 0 Å². The smallest absolute Gasteiger partial charge is 0.338 e. The van der Waals surface area contributed by atoms with Crippen LogP contribution in [0.15, 0.2) is 63.5 Å². The van der Waals surface area contributed by atoms with E-state index in [1.165, 1.54) is 23.0 Å². The Labute approximate surface area is 198 Å². The fourth-order valence-corrected chi connectivity index (χ4v) is 5.06. The number of allylic oxidation sites excluding steroid dienone is 1. The van der Waals surface area contributed by atoms with Gasteiger partial charge in [0.15, 0.2) is 16.3 Å². The zero-order chi connectivity index (χ0) is 23.7. The van der Waals surface area contributed by atoms with Crippen LogP contribution in [0.2, 0.25) is 5.02 Å². The van der Waals surface area contributed by atoms with Gasteiger partial charge in [0.1, 0.15) is 6.04 Å². The Balaban J connectivity index is 1.96. The number of esters is 1. The van der Waals surface area contributed by atoms with Crippen molar-refractivity contribution in [1.82, 2.24) is 4.57 Å².